The molecule has 0 fully saturated rings. The molecule has 0 nitrogen and oxygen atoms in total. The van der Waals surface area contributed by atoms with E-state index >= 15 is 0 Å². The summed E-state index contributed by atoms with van der Waals surface area (Å²) in [4.78, 5) is 0. The third-order valence-electron chi connectivity index (χ3n) is 1.31. The molecule has 10 heavy (non-hydrogen) atoms. The molecule has 0 aromatic heterocycles. The van der Waals surface area contributed by atoms with Gasteiger partial charge in [-0.3, -0.25) is 0 Å². The lowest BCUT2D eigenvalue weighted by molar-refractivity contribution is 1.52. The van der Waals surface area contributed by atoms with Crippen molar-refractivity contribution in [2.45, 2.75) is 6.92 Å². The Balaban J connectivity index is 3.28. The van der Waals surface area contributed by atoms with E-state index in [2.05, 4.69) is 9.24 Å². The molecule has 1 aromatic rings. The van der Waals surface area contributed by atoms with Crippen LogP contribution in [0.3, 0.4) is 0 Å². The van der Waals surface area contributed by atoms with Gasteiger partial charge in [0.25, 0.3) is 0 Å². The quantitative estimate of drug-likeness (QED) is 0.555. The van der Waals surface area contributed by atoms with Gasteiger partial charge in [-0.05, 0) is 29.9 Å². The molecule has 0 amide bonds. The topological polar surface area (TPSA) is 0 Å². The monoisotopic (exact) mass is 192 g/mol. The van der Waals surface area contributed by atoms with Gasteiger partial charge in [0.05, 0.1) is 10.0 Å². The summed E-state index contributed by atoms with van der Waals surface area (Å²) in [5, 5.41) is 2.32. The minimum Gasteiger partial charge on any atom is -0.105 e. The minimum absolute atomic E-state index is 0.609. The molecule has 0 heterocycles. The number of halogens is 2. The zero-order valence-corrected chi connectivity index (χ0v) is 8.15. The Hall–Kier alpha value is 0.230. The van der Waals surface area contributed by atoms with Crippen molar-refractivity contribution in [1.29, 1.82) is 0 Å². The summed E-state index contributed by atoms with van der Waals surface area (Å²) < 4.78 is 0. The maximum absolute atomic E-state index is 5.74. The first-order chi connectivity index (χ1) is 4.61. The van der Waals surface area contributed by atoms with Crippen LogP contribution >= 0.6 is 32.4 Å². The van der Waals surface area contributed by atoms with E-state index in [1.165, 1.54) is 0 Å². The molecule has 0 aliphatic rings. The molecular weight excluding hydrogens is 186 g/mol. The average molecular weight is 193 g/mol. The molecule has 0 saturated heterocycles. The van der Waals surface area contributed by atoms with E-state index in [-0.39, 0.29) is 0 Å². The number of benzene rings is 1. The highest BCUT2D eigenvalue weighted by molar-refractivity contribution is 7.27. The lowest BCUT2D eigenvalue weighted by Crippen LogP contribution is -1.95. The Labute approximate surface area is 72.7 Å². The lowest BCUT2D eigenvalue weighted by atomic mass is 10.2. The van der Waals surface area contributed by atoms with Gasteiger partial charge >= 0.3 is 0 Å². The highest BCUT2D eigenvalue weighted by Gasteiger charge is 1.99. The van der Waals surface area contributed by atoms with Crippen molar-refractivity contribution in [2.24, 2.45) is 0 Å². The van der Waals surface area contributed by atoms with Gasteiger partial charge in [-0.15, -0.1) is 9.24 Å². The van der Waals surface area contributed by atoms with E-state index in [1.807, 2.05) is 19.1 Å². The predicted molar refractivity (Wildman–Crippen MR) is 50.5 cm³/mol. The predicted octanol–water partition coefficient (Wildman–Crippen LogP) is 2.80. The van der Waals surface area contributed by atoms with E-state index < -0.39 is 0 Å². The second kappa shape index (κ2) is 3.09. The fraction of sp³-hybridized carbons (Fsp3) is 0.143. The van der Waals surface area contributed by atoms with Crippen molar-refractivity contribution in [1.82, 2.24) is 0 Å². The fourth-order valence-electron chi connectivity index (χ4n) is 0.662. The van der Waals surface area contributed by atoms with Crippen molar-refractivity contribution in [3.05, 3.63) is 27.7 Å². The molecule has 0 radical (unpaired) electrons. The van der Waals surface area contributed by atoms with Crippen LogP contribution in [0.1, 0.15) is 5.56 Å². The van der Waals surface area contributed by atoms with E-state index in [0.717, 1.165) is 10.9 Å². The van der Waals surface area contributed by atoms with Crippen LogP contribution in [0.5, 0.6) is 0 Å². The Kier molecular flexibility index (Phi) is 2.57. The van der Waals surface area contributed by atoms with Crippen molar-refractivity contribution >= 4 is 37.7 Å². The van der Waals surface area contributed by atoms with Gasteiger partial charge in [-0.25, -0.2) is 0 Å². The summed E-state index contributed by atoms with van der Waals surface area (Å²) >= 11 is 11.5. The van der Waals surface area contributed by atoms with E-state index in [4.69, 9.17) is 23.2 Å². The molecule has 0 N–H and O–H groups in total. The first-order valence-electron chi connectivity index (χ1n) is 2.82. The summed E-state index contributed by atoms with van der Waals surface area (Å²) in [7, 11) is 2.60. The number of rotatable bonds is 0. The number of hydrogen-bond acceptors (Lipinski definition) is 0. The molecule has 1 atom stereocenters. The summed E-state index contributed by atoms with van der Waals surface area (Å²) in [6, 6.07) is 3.69. The first-order valence-corrected chi connectivity index (χ1v) is 4.15. The van der Waals surface area contributed by atoms with Crippen molar-refractivity contribution in [3.63, 3.8) is 0 Å². The molecule has 1 unspecified atom stereocenters. The summed E-state index contributed by atoms with van der Waals surface area (Å²) in [5.74, 6) is 0. The van der Waals surface area contributed by atoms with Gasteiger partial charge in [0.2, 0.25) is 0 Å². The summed E-state index contributed by atoms with van der Waals surface area (Å²) in [5.41, 5.74) is 1.14. The third kappa shape index (κ3) is 1.63. The maximum atomic E-state index is 5.74. The third-order valence-corrected chi connectivity index (χ3v) is 2.65. The molecule has 54 valence electrons. The number of hydrogen-bond donors (Lipinski definition) is 0. The van der Waals surface area contributed by atoms with Crippen LogP contribution in [0.4, 0.5) is 0 Å². The maximum Gasteiger partial charge on any atom is 0.0598 e. The molecular formula is C7H7Cl2P. The smallest absolute Gasteiger partial charge is 0.0598 e. The van der Waals surface area contributed by atoms with Crippen LogP contribution in [0.25, 0.3) is 0 Å². The van der Waals surface area contributed by atoms with Crippen LogP contribution in [-0.4, -0.2) is 0 Å². The molecule has 0 aliphatic heterocycles. The van der Waals surface area contributed by atoms with E-state index in [1.54, 1.807) is 0 Å². The number of aryl methyl sites for hydroxylation is 1. The summed E-state index contributed by atoms with van der Waals surface area (Å²) in [6.07, 6.45) is 0. The van der Waals surface area contributed by atoms with Crippen molar-refractivity contribution < 1.29 is 0 Å². The molecule has 1 aromatic carbocycles. The fourth-order valence-corrected chi connectivity index (χ4v) is 1.41. The average Bonchev–Trinajstić information content (AvgIpc) is 1.84. The lowest BCUT2D eigenvalue weighted by Gasteiger charge is -2.00. The van der Waals surface area contributed by atoms with Gasteiger partial charge in [0.15, 0.2) is 0 Å². The molecule has 1 rings (SSSR count). The zero-order chi connectivity index (χ0) is 7.72. The Morgan fingerprint density at radius 3 is 2.20 bits per heavy atom. The Morgan fingerprint density at radius 1 is 1.20 bits per heavy atom. The largest absolute Gasteiger partial charge is 0.105 e. The SMILES string of the molecule is Cc1cc(Cl)c(Cl)cc1P. The van der Waals surface area contributed by atoms with Gasteiger partial charge in [-0.2, -0.15) is 0 Å². The molecule has 0 aliphatic carbocycles. The second-order valence-corrected chi connectivity index (χ2v) is 3.56. The van der Waals surface area contributed by atoms with Crippen LogP contribution in [0, 0.1) is 6.92 Å². The highest BCUT2D eigenvalue weighted by atomic mass is 35.5. The van der Waals surface area contributed by atoms with Gasteiger partial charge in [0, 0.05) is 0 Å². The normalized spacial score (nSPS) is 10.0. The molecule has 0 bridgehead atoms. The molecule has 0 saturated carbocycles. The van der Waals surface area contributed by atoms with E-state index in [0.29, 0.717) is 10.0 Å². The Morgan fingerprint density at radius 2 is 1.70 bits per heavy atom. The summed E-state index contributed by atoms with van der Waals surface area (Å²) in [6.45, 7) is 1.99. The van der Waals surface area contributed by atoms with Gasteiger partial charge in [0.1, 0.15) is 0 Å². The zero-order valence-electron chi connectivity index (χ0n) is 5.49. The van der Waals surface area contributed by atoms with Crippen LogP contribution in [-0.2, 0) is 0 Å². The minimum atomic E-state index is 0.609. The molecule has 3 heteroatoms. The van der Waals surface area contributed by atoms with Gasteiger partial charge in [-0.1, -0.05) is 23.2 Å². The Bertz CT molecular complexity index is 208. The van der Waals surface area contributed by atoms with E-state index in [9.17, 15) is 0 Å². The standard InChI is InChI=1S/C7H7Cl2P/c1-4-2-5(8)6(9)3-7(4)10/h2-3H,10H2,1H3. The van der Waals surface area contributed by atoms with Crippen molar-refractivity contribution in [3.8, 4) is 0 Å². The second-order valence-electron chi connectivity index (χ2n) is 2.12. The first kappa shape index (κ1) is 8.33. The highest BCUT2D eigenvalue weighted by Crippen LogP contribution is 2.21. The van der Waals surface area contributed by atoms with Crippen LogP contribution < -0.4 is 5.30 Å². The molecule has 0 spiro atoms. The van der Waals surface area contributed by atoms with Crippen LogP contribution in [0.15, 0.2) is 12.1 Å². The van der Waals surface area contributed by atoms with Crippen molar-refractivity contribution in [2.75, 3.05) is 0 Å². The van der Waals surface area contributed by atoms with Crippen LogP contribution in [0.2, 0.25) is 10.0 Å². The van der Waals surface area contributed by atoms with Gasteiger partial charge < -0.3 is 0 Å².